The predicted octanol–water partition coefficient (Wildman–Crippen LogP) is 7.12. The van der Waals surface area contributed by atoms with Crippen LogP contribution in [0.15, 0.2) is 54.1 Å². The van der Waals surface area contributed by atoms with E-state index in [1.807, 2.05) is 24.3 Å². The van der Waals surface area contributed by atoms with Crippen LogP contribution in [0.2, 0.25) is 5.02 Å². The van der Waals surface area contributed by atoms with Gasteiger partial charge in [-0.05, 0) is 79.3 Å². The minimum absolute atomic E-state index is 0.00975. The average molecular weight is 446 g/mol. The lowest BCUT2D eigenvalue weighted by atomic mass is 9.79. The predicted molar refractivity (Wildman–Crippen MR) is 125 cm³/mol. The van der Waals surface area contributed by atoms with E-state index >= 15 is 0 Å². The van der Waals surface area contributed by atoms with E-state index in [0.29, 0.717) is 16.1 Å². The zero-order chi connectivity index (χ0) is 22.9. The maximum Gasteiger partial charge on any atom is 0.166 e. The highest BCUT2D eigenvalue weighted by Gasteiger charge is 2.58. The van der Waals surface area contributed by atoms with Gasteiger partial charge >= 0.3 is 0 Å². The van der Waals surface area contributed by atoms with Crippen LogP contribution in [0.3, 0.4) is 0 Å². The van der Waals surface area contributed by atoms with Crippen molar-refractivity contribution in [2.75, 3.05) is 0 Å². The standard InChI is InChI=1S/C28H25ClFNO/c1-27(2)11-12-28(17-25(28)26(32)21-6-4-8-23(29)16-21)10-9-22(27)7-3-5-19-13-20(18-31)15-24(30)14-19/h4,6-8,13-16,25H,9-12,17H2,1-2H3/b22-7+. The van der Waals surface area contributed by atoms with Crippen LogP contribution in [-0.4, -0.2) is 5.78 Å². The number of halogens is 2. The van der Waals surface area contributed by atoms with Crippen LogP contribution in [-0.2, 0) is 0 Å². The molecule has 2 fully saturated rings. The van der Waals surface area contributed by atoms with Gasteiger partial charge in [0.05, 0.1) is 11.6 Å². The van der Waals surface area contributed by atoms with Crippen LogP contribution in [0.1, 0.15) is 67.4 Å². The number of allylic oxidation sites excluding steroid dienone is 2. The molecule has 0 bridgehead atoms. The lowest BCUT2D eigenvalue weighted by molar-refractivity contribution is 0.0943. The molecule has 2 aliphatic rings. The molecule has 32 heavy (non-hydrogen) atoms. The number of hydrogen-bond donors (Lipinski definition) is 0. The van der Waals surface area contributed by atoms with Crippen LogP contribution < -0.4 is 0 Å². The second-order valence-electron chi connectivity index (χ2n) is 9.66. The highest BCUT2D eigenvalue weighted by atomic mass is 35.5. The lowest BCUT2D eigenvalue weighted by Gasteiger charge is -2.25. The molecule has 162 valence electrons. The van der Waals surface area contributed by atoms with Crippen molar-refractivity contribution in [1.82, 2.24) is 0 Å². The molecular formula is C28H25ClFNO. The highest BCUT2D eigenvalue weighted by Crippen LogP contribution is 2.63. The van der Waals surface area contributed by atoms with Crippen molar-refractivity contribution in [2.24, 2.45) is 16.7 Å². The maximum atomic E-state index is 13.6. The highest BCUT2D eigenvalue weighted by molar-refractivity contribution is 6.31. The number of nitrogens with zero attached hydrogens (tertiary/aromatic N) is 1. The number of carbonyl (C=O) groups excluding carboxylic acids is 1. The van der Waals surface area contributed by atoms with Gasteiger partial charge in [-0.25, -0.2) is 4.39 Å². The van der Waals surface area contributed by atoms with Gasteiger partial charge in [0.15, 0.2) is 5.78 Å². The Morgan fingerprint density at radius 2 is 1.94 bits per heavy atom. The first-order valence-corrected chi connectivity index (χ1v) is 11.3. The fourth-order valence-electron chi connectivity index (χ4n) is 4.88. The summed E-state index contributed by atoms with van der Waals surface area (Å²) in [5.74, 6) is 5.87. The Hall–Kier alpha value is -2.88. The lowest BCUT2D eigenvalue weighted by Crippen LogP contribution is -2.14. The zero-order valence-electron chi connectivity index (χ0n) is 18.3. The third-order valence-corrected chi connectivity index (χ3v) is 7.35. The van der Waals surface area contributed by atoms with E-state index < -0.39 is 5.82 Å². The molecular weight excluding hydrogens is 421 g/mol. The van der Waals surface area contributed by atoms with E-state index in [1.165, 1.54) is 17.7 Å². The van der Waals surface area contributed by atoms with Crippen molar-refractivity contribution in [3.63, 3.8) is 0 Å². The Balaban J connectivity index is 1.50. The third-order valence-electron chi connectivity index (χ3n) is 7.11. The van der Waals surface area contributed by atoms with Crippen molar-refractivity contribution >= 4 is 17.4 Å². The summed E-state index contributed by atoms with van der Waals surface area (Å²) in [5.41, 5.74) is 2.79. The van der Waals surface area contributed by atoms with Crippen molar-refractivity contribution in [1.29, 1.82) is 5.26 Å². The molecule has 0 amide bonds. The molecule has 2 nitrogen and oxygen atoms in total. The number of carbonyl (C=O) groups is 1. The first-order chi connectivity index (χ1) is 15.2. The van der Waals surface area contributed by atoms with Gasteiger partial charge in [0.2, 0.25) is 0 Å². The molecule has 4 rings (SSSR count). The average Bonchev–Trinajstić information content (AvgIpc) is 3.49. The van der Waals surface area contributed by atoms with E-state index in [-0.39, 0.29) is 28.1 Å². The number of hydrogen-bond acceptors (Lipinski definition) is 2. The second-order valence-corrected chi connectivity index (χ2v) is 10.1. The minimum atomic E-state index is -0.457. The van der Waals surface area contributed by atoms with Crippen LogP contribution in [0.5, 0.6) is 0 Å². The number of rotatable bonds is 2. The molecule has 0 heterocycles. The van der Waals surface area contributed by atoms with Crippen LogP contribution in [0, 0.1) is 45.7 Å². The van der Waals surface area contributed by atoms with Crippen molar-refractivity contribution in [3.8, 4) is 17.9 Å². The SMILES string of the molecule is CC1(C)CCC2(CC/C1=C\C#Cc1cc(F)cc(C#N)c1)CC2C(=O)c1cccc(Cl)c1. The van der Waals surface area contributed by atoms with Gasteiger partial charge in [0, 0.05) is 22.1 Å². The Morgan fingerprint density at radius 1 is 1.16 bits per heavy atom. The van der Waals surface area contributed by atoms with Gasteiger partial charge in [-0.2, -0.15) is 5.26 Å². The monoisotopic (exact) mass is 445 g/mol. The molecule has 1 spiro atoms. The minimum Gasteiger partial charge on any atom is -0.294 e. The van der Waals surface area contributed by atoms with Crippen LogP contribution in [0.25, 0.3) is 0 Å². The Morgan fingerprint density at radius 3 is 2.69 bits per heavy atom. The molecule has 0 aromatic heterocycles. The van der Waals surface area contributed by atoms with Crippen LogP contribution in [0.4, 0.5) is 4.39 Å². The summed E-state index contributed by atoms with van der Waals surface area (Å²) in [7, 11) is 0. The number of benzene rings is 2. The molecule has 0 radical (unpaired) electrons. The Labute approximate surface area is 194 Å². The molecule has 0 aliphatic heterocycles. The summed E-state index contributed by atoms with van der Waals surface area (Å²) in [6, 6.07) is 13.3. The number of ketones is 1. The third kappa shape index (κ3) is 4.64. The Kier molecular flexibility index (Phi) is 5.98. The van der Waals surface area contributed by atoms with Gasteiger partial charge in [-0.3, -0.25) is 4.79 Å². The quantitative estimate of drug-likeness (QED) is 0.364. The Bertz CT molecular complexity index is 1210. The smallest absolute Gasteiger partial charge is 0.166 e. The van der Waals surface area contributed by atoms with E-state index in [0.717, 1.165) is 32.1 Å². The summed E-state index contributed by atoms with van der Waals surface area (Å²) in [5, 5.41) is 9.60. The summed E-state index contributed by atoms with van der Waals surface area (Å²) < 4.78 is 13.6. The number of nitriles is 1. The maximum absolute atomic E-state index is 13.6. The first-order valence-electron chi connectivity index (χ1n) is 10.9. The zero-order valence-corrected chi connectivity index (χ0v) is 19.1. The molecule has 0 saturated heterocycles. The summed E-state index contributed by atoms with van der Waals surface area (Å²) in [6.07, 6.45) is 6.78. The molecule has 2 atom stereocenters. The first kappa shape index (κ1) is 22.3. The molecule has 4 heteroatoms. The van der Waals surface area contributed by atoms with E-state index in [4.69, 9.17) is 16.9 Å². The van der Waals surface area contributed by atoms with E-state index in [1.54, 1.807) is 18.2 Å². The van der Waals surface area contributed by atoms with Crippen molar-refractivity contribution in [3.05, 3.63) is 81.6 Å². The van der Waals surface area contributed by atoms with E-state index in [2.05, 4.69) is 25.7 Å². The largest absolute Gasteiger partial charge is 0.294 e. The van der Waals surface area contributed by atoms with Gasteiger partial charge in [-0.15, -0.1) is 0 Å². The fourth-order valence-corrected chi connectivity index (χ4v) is 5.07. The van der Waals surface area contributed by atoms with Gasteiger partial charge in [0.1, 0.15) is 5.82 Å². The molecule has 0 N–H and O–H groups in total. The molecule has 2 unspecified atom stereocenters. The molecule has 2 aromatic rings. The topological polar surface area (TPSA) is 40.9 Å². The summed E-state index contributed by atoms with van der Waals surface area (Å²) in [6.45, 7) is 4.46. The molecule has 2 saturated carbocycles. The summed E-state index contributed by atoms with van der Waals surface area (Å²) >= 11 is 6.08. The normalized spacial score (nSPS) is 24.8. The molecule has 2 aromatic carbocycles. The van der Waals surface area contributed by atoms with Crippen LogP contribution >= 0.6 is 11.6 Å². The van der Waals surface area contributed by atoms with Gasteiger partial charge in [0.25, 0.3) is 0 Å². The van der Waals surface area contributed by atoms with E-state index in [9.17, 15) is 9.18 Å². The molecule has 2 aliphatic carbocycles. The van der Waals surface area contributed by atoms with Gasteiger partial charge in [-0.1, -0.05) is 55.0 Å². The van der Waals surface area contributed by atoms with Crippen molar-refractivity contribution < 1.29 is 9.18 Å². The fraction of sp³-hybridized carbons (Fsp3) is 0.357. The summed E-state index contributed by atoms with van der Waals surface area (Å²) in [4.78, 5) is 13.0. The second kappa shape index (κ2) is 8.57. The van der Waals surface area contributed by atoms with Crippen molar-refractivity contribution in [2.45, 2.75) is 46.0 Å². The number of Topliss-reactive ketones (excluding diaryl/α,β-unsaturated/α-hetero) is 1. The van der Waals surface area contributed by atoms with Gasteiger partial charge < -0.3 is 0 Å².